The Morgan fingerprint density at radius 3 is 2.32 bits per heavy atom. The SMILES string of the molecule is CCOc1cccc(C(N)c2cc(C)cc(C)c2)c1. The molecule has 0 heterocycles. The van der Waals surface area contributed by atoms with E-state index in [-0.39, 0.29) is 6.04 Å². The summed E-state index contributed by atoms with van der Waals surface area (Å²) in [5.41, 5.74) is 11.1. The molecule has 0 saturated heterocycles. The van der Waals surface area contributed by atoms with Crippen LogP contribution in [0.25, 0.3) is 0 Å². The third-order valence-electron chi connectivity index (χ3n) is 3.13. The Labute approximate surface area is 115 Å². The normalized spacial score (nSPS) is 12.2. The van der Waals surface area contributed by atoms with E-state index in [1.165, 1.54) is 11.1 Å². The van der Waals surface area contributed by atoms with Gasteiger partial charge in [0.1, 0.15) is 5.75 Å². The van der Waals surface area contributed by atoms with Crippen molar-refractivity contribution < 1.29 is 4.74 Å². The lowest BCUT2D eigenvalue weighted by molar-refractivity contribution is 0.340. The van der Waals surface area contributed by atoms with Crippen LogP contribution < -0.4 is 10.5 Å². The Bertz CT molecular complexity index is 543. The molecule has 100 valence electrons. The fourth-order valence-corrected chi connectivity index (χ4v) is 2.35. The van der Waals surface area contributed by atoms with Crippen molar-refractivity contribution in [3.63, 3.8) is 0 Å². The average molecular weight is 255 g/mol. The van der Waals surface area contributed by atoms with Crippen LogP contribution in [0.2, 0.25) is 0 Å². The second-order valence-corrected chi connectivity index (χ2v) is 4.90. The van der Waals surface area contributed by atoms with Gasteiger partial charge in [0.15, 0.2) is 0 Å². The molecule has 1 unspecified atom stereocenters. The zero-order chi connectivity index (χ0) is 13.8. The molecule has 0 aromatic heterocycles. The summed E-state index contributed by atoms with van der Waals surface area (Å²) in [6.45, 7) is 6.85. The van der Waals surface area contributed by atoms with Crippen LogP contribution in [0.3, 0.4) is 0 Å². The molecule has 2 nitrogen and oxygen atoms in total. The van der Waals surface area contributed by atoms with Gasteiger partial charge in [-0.25, -0.2) is 0 Å². The average Bonchev–Trinajstić information content (AvgIpc) is 2.37. The van der Waals surface area contributed by atoms with Gasteiger partial charge in [-0.2, -0.15) is 0 Å². The van der Waals surface area contributed by atoms with E-state index >= 15 is 0 Å². The molecule has 2 rings (SSSR count). The minimum atomic E-state index is -0.112. The predicted molar refractivity (Wildman–Crippen MR) is 79.6 cm³/mol. The molecule has 0 aliphatic rings. The molecule has 0 fully saturated rings. The van der Waals surface area contributed by atoms with Gasteiger partial charge in [-0.15, -0.1) is 0 Å². The highest BCUT2D eigenvalue weighted by molar-refractivity contribution is 5.39. The van der Waals surface area contributed by atoms with Gasteiger partial charge in [-0.1, -0.05) is 41.5 Å². The van der Waals surface area contributed by atoms with Crippen LogP contribution in [-0.2, 0) is 0 Å². The monoisotopic (exact) mass is 255 g/mol. The predicted octanol–water partition coefficient (Wildman–Crippen LogP) is 3.75. The quantitative estimate of drug-likeness (QED) is 0.903. The first-order chi connectivity index (χ1) is 9.10. The van der Waals surface area contributed by atoms with E-state index < -0.39 is 0 Å². The fourth-order valence-electron chi connectivity index (χ4n) is 2.35. The molecule has 2 heteroatoms. The Balaban J connectivity index is 2.32. The molecule has 1 atom stereocenters. The minimum absolute atomic E-state index is 0.112. The van der Waals surface area contributed by atoms with Gasteiger partial charge in [0.05, 0.1) is 12.6 Å². The van der Waals surface area contributed by atoms with E-state index in [1.807, 2.05) is 31.2 Å². The summed E-state index contributed by atoms with van der Waals surface area (Å²) in [5, 5.41) is 0. The minimum Gasteiger partial charge on any atom is -0.494 e. The van der Waals surface area contributed by atoms with Crippen molar-refractivity contribution in [1.82, 2.24) is 0 Å². The van der Waals surface area contributed by atoms with Gasteiger partial charge in [0.2, 0.25) is 0 Å². The van der Waals surface area contributed by atoms with E-state index in [9.17, 15) is 0 Å². The number of hydrogen-bond acceptors (Lipinski definition) is 2. The van der Waals surface area contributed by atoms with Gasteiger partial charge in [0, 0.05) is 0 Å². The van der Waals surface area contributed by atoms with E-state index in [0.717, 1.165) is 16.9 Å². The summed E-state index contributed by atoms with van der Waals surface area (Å²) in [5.74, 6) is 0.875. The van der Waals surface area contributed by atoms with Crippen molar-refractivity contribution in [2.75, 3.05) is 6.61 Å². The molecule has 0 amide bonds. The topological polar surface area (TPSA) is 35.2 Å². The molecule has 19 heavy (non-hydrogen) atoms. The lowest BCUT2D eigenvalue weighted by Gasteiger charge is -2.15. The van der Waals surface area contributed by atoms with Crippen molar-refractivity contribution in [3.8, 4) is 5.75 Å². The summed E-state index contributed by atoms with van der Waals surface area (Å²) in [6.07, 6.45) is 0. The lowest BCUT2D eigenvalue weighted by atomic mass is 9.96. The molecule has 0 aliphatic carbocycles. The van der Waals surface area contributed by atoms with Crippen molar-refractivity contribution in [2.24, 2.45) is 5.73 Å². The number of ether oxygens (including phenoxy) is 1. The summed E-state index contributed by atoms with van der Waals surface area (Å²) >= 11 is 0. The number of benzene rings is 2. The van der Waals surface area contributed by atoms with E-state index in [1.54, 1.807) is 0 Å². The Morgan fingerprint density at radius 1 is 1.00 bits per heavy atom. The van der Waals surface area contributed by atoms with E-state index in [0.29, 0.717) is 6.61 Å². The highest BCUT2D eigenvalue weighted by atomic mass is 16.5. The van der Waals surface area contributed by atoms with Gasteiger partial charge in [-0.05, 0) is 44.0 Å². The zero-order valence-corrected chi connectivity index (χ0v) is 11.8. The number of aryl methyl sites for hydroxylation is 2. The number of hydrogen-bond donors (Lipinski definition) is 1. The molecule has 0 bridgehead atoms. The first kappa shape index (κ1) is 13.6. The molecule has 0 saturated carbocycles. The van der Waals surface area contributed by atoms with Crippen LogP contribution in [0.4, 0.5) is 0 Å². The van der Waals surface area contributed by atoms with Crippen molar-refractivity contribution in [3.05, 3.63) is 64.7 Å². The van der Waals surface area contributed by atoms with Crippen LogP contribution in [0, 0.1) is 13.8 Å². The molecule has 0 aliphatic heterocycles. The van der Waals surface area contributed by atoms with Crippen LogP contribution in [0.5, 0.6) is 5.75 Å². The lowest BCUT2D eigenvalue weighted by Crippen LogP contribution is -2.12. The van der Waals surface area contributed by atoms with Gasteiger partial charge < -0.3 is 10.5 Å². The summed E-state index contributed by atoms with van der Waals surface area (Å²) in [6, 6.07) is 14.3. The maximum atomic E-state index is 6.36. The third kappa shape index (κ3) is 3.36. The third-order valence-corrected chi connectivity index (χ3v) is 3.13. The largest absolute Gasteiger partial charge is 0.494 e. The summed E-state index contributed by atoms with van der Waals surface area (Å²) in [7, 11) is 0. The van der Waals surface area contributed by atoms with Crippen LogP contribution in [0.15, 0.2) is 42.5 Å². The van der Waals surface area contributed by atoms with Gasteiger partial charge in [0.25, 0.3) is 0 Å². The van der Waals surface area contributed by atoms with Crippen LogP contribution >= 0.6 is 0 Å². The fraction of sp³-hybridized carbons (Fsp3) is 0.294. The first-order valence-electron chi connectivity index (χ1n) is 6.66. The summed E-state index contributed by atoms with van der Waals surface area (Å²) < 4.78 is 5.52. The molecule has 0 radical (unpaired) electrons. The van der Waals surface area contributed by atoms with Crippen LogP contribution in [-0.4, -0.2) is 6.61 Å². The second-order valence-electron chi connectivity index (χ2n) is 4.90. The van der Waals surface area contributed by atoms with Gasteiger partial charge in [-0.3, -0.25) is 0 Å². The Hall–Kier alpha value is -1.80. The second kappa shape index (κ2) is 5.89. The molecule has 0 spiro atoms. The molecule has 2 aromatic rings. The first-order valence-corrected chi connectivity index (χ1v) is 6.66. The smallest absolute Gasteiger partial charge is 0.119 e. The standard InChI is InChI=1S/C17H21NO/c1-4-19-16-7-5-6-14(11-16)17(18)15-9-12(2)8-13(3)10-15/h5-11,17H,4,18H2,1-3H3. The molecular formula is C17H21NO. The van der Waals surface area contributed by atoms with E-state index in [4.69, 9.17) is 10.5 Å². The molecule has 2 aromatic carbocycles. The Morgan fingerprint density at radius 2 is 1.68 bits per heavy atom. The van der Waals surface area contributed by atoms with Gasteiger partial charge >= 0.3 is 0 Å². The van der Waals surface area contributed by atoms with Crippen molar-refractivity contribution in [2.45, 2.75) is 26.8 Å². The number of nitrogens with two attached hydrogens (primary N) is 1. The van der Waals surface area contributed by atoms with Crippen molar-refractivity contribution in [1.29, 1.82) is 0 Å². The Kier molecular flexibility index (Phi) is 4.23. The number of rotatable bonds is 4. The zero-order valence-electron chi connectivity index (χ0n) is 11.8. The highest BCUT2D eigenvalue weighted by Gasteiger charge is 2.10. The maximum absolute atomic E-state index is 6.36. The maximum Gasteiger partial charge on any atom is 0.119 e. The van der Waals surface area contributed by atoms with Crippen molar-refractivity contribution >= 4 is 0 Å². The molecule has 2 N–H and O–H groups in total. The highest BCUT2D eigenvalue weighted by Crippen LogP contribution is 2.24. The van der Waals surface area contributed by atoms with Crippen LogP contribution in [0.1, 0.15) is 35.2 Å². The molecular weight excluding hydrogens is 234 g/mol. The summed E-state index contributed by atoms with van der Waals surface area (Å²) in [4.78, 5) is 0. The van der Waals surface area contributed by atoms with E-state index in [2.05, 4.69) is 32.0 Å².